The second kappa shape index (κ2) is 12.3. The normalized spacial score (nSPS) is 13.4. The van der Waals surface area contributed by atoms with Crippen molar-refractivity contribution >= 4 is 39.1 Å². The number of sulfonamides is 1. The molecule has 1 aliphatic rings. The van der Waals surface area contributed by atoms with Gasteiger partial charge in [-0.1, -0.05) is 48.0 Å². The van der Waals surface area contributed by atoms with Gasteiger partial charge in [0, 0.05) is 31.1 Å². The van der Waals surface area contributed by atoms with Crippen LogP contribution in [0, 0.1) is 0 Å². The number of carbonyl (C=O) groups is 2. The Bertz CT molecular complexity index is 1400. The van der Waals surface area contributed by atoms with E-state index < -0.39 is 22.5 Å². The van der Waals surface area contributed by atoms with E-state index >= 15 is 0 Å². The van der Waals surface area contributed by atoms with Crippen molar-refractivity contribution in [2.24, 2.45) is 0 Å². The lowest BCUT2D eigenvalue weighted by Crippen LogP contribution is -2.41. The maximum atomic E-state index is 13.7. The number of ether oxygens (including phenoxy) is 1. The van der Waals surface area contributed by atoms with Crippen molar-refractivity contribution in [3.8, 4) is 5.75 Å². The van der Waals surface area contributed by atoms with Gasteiger partial charge in [-0.05, 0) is 60.9 Å². The van der Waals surface area contributed by atoms with E-state index in [2.05, 4.69) is 5.32 Å². The summed E-state index contributed by atoms with van der Waals surface area (Å²) in [6.07, 6.45) is 1.40. The fourth-order valence-corrected chi connectivity index (χ4v) is 5.87. The number of benzene rings is 3. The van der Waals surface area contributed by atoms with Crippen LogP contribution in [0.5, 0.6) is 5.75 Å². The average molecular weight is 556 g/mol. The summed E-state index contributed by atoms with van der Waals surface area (Å²) in [6, 6.07) is 20.1. The third-order valence-electron chi connectivity index (χ3n) is 6.25. The molecule has 0 bridgehead atoms. The predicted octanol–water partition coefficient (Wildman–Crippen LogP) is 4.37. The van der Waals surface area contributed by atoms with Gasteiger partial charge in [0.25, 0.3) is 10.0 Å². The molecule has 4 rings (SSSR count). The SMILES string of the molecule is CCOc1ccccc1N(CC(=O)NCc1ccccc1CN1CCCC1=O)S(=O)(=O)c1ccc(Cl)cc1. The molecule has 0 spiro atoms. The van der Waals surface area contributed by atoms with Gasteiger partial charge in [-0.3, -0.25) is 13.9 Å². The van der Waals surface area contributed by atoms with Gasteiger partial charge in [-0.2, -0.15) is 0 Å². The number of halogens is 1. The quantitative estimate of drug-likeness (QED) is 0.379. The molecule has 200 valence electrons. The van der Waals surface area contributed by atoms with E-state index in [1.54, 1.807) is 31.2 Å². The molecular weight excluding hydrogens is 526 g/mol. The molecule has 8 nitrogen and oxygen atoms in total. The summed E-state index contributed by atoms with van der Waals surface area (Å²) in [4.78, 5) is 27.1. The molecule has 0 unspecified atom stereocenters. The lowest BCUT2D eigenvalue weighted by atomic mass is 10.1. The molecule has 1 aliphatic heterocycles. The Morgan fingerprint density at radius 1 is 1.03 bits per heavy atom. The van der Waals surface area contributed by atoms with Crippen molar-refractivity contribution < 1.29 is 22.7 Å². The minimum Gasteiger partial charge on any atom is -0.492 e. The average Bonchev–Trinajstić information content (AvgIpc) is 3.31. The number of nitrogens with zero attached hydrogens (tertiary/aromatic N) is 2. The molecule has 0 radical (unpaired) electrons. The molecule has 2 amide bonds. The zero-order valence-corrected chi connectivity index (χ0v) is 22.7. The van der Waals surface area contributed by atoms with Crippen molar-refractivity contribution in [3.05, 3.63) is 88.9 Å². The Morgan fingerprint density at radius 2 is 1.71 bits per heavy atom. The van der Waals surface area contributed by atoms with Crippen molar-refractivity contribution in [2.45, 2.75) is 37.8 Å². The van der Waals surface area contributed by atoms with E-state index in [0.29, 0.717) is 30.3 Å². The van der Waals surface area contributed by atoms with Crippen LogP contribution in [-0.4, -0.2) is 44.8 Å². The standard InChI is InChI=1S/C28H30ClN3O5S/c1-2-37-26-11-6-5-10-25(26)32(38(35,36)24-15-13-23(29)14-16-24)20-27(33)30-18-21-8-3-4-9-22(21)19-31-17-7-12-28(31)34/h3-6,8-11,13-16H,2,7,12,17-20H2,1H3,(H,30,33). The summed E-state index contributed by atoms with van der Waals surface area (Å²) in [6.45, 7) is 3.06. The molecule has 10 heteroatoms. The monoisotopic (exact) mass is 555 g/mol. The Hall–Kier alpha value is -3.56. The third kappa shape index (κ3) is 6.46. The number of carbonyl (C=O) groups excluding carboxylic acids is 2. The summed E-state index contributed by atoms with van der Waals surface area (Å²) in [5.41, 5.74) is 2.06. The van der Waals surface area contributed by atoms with Gasteiger partial charge in [-0.25, -0.2) is 8.42 Å². The van der Waals surface area contributed by atoms with E-state index in [9.17, 15) is 18.0 Å². The van der Waals surface area contributed by atoms with Gasteiger partial charge in [0.2, 0.25) is 11.8 Å². The molecule has 0 aliphatic carbocycles. The molecule has 0 aromatic heterocycles. The molecule has 3 aromatic carbocycles. The number of hydrogen-bond donors (Lipinski definition) is 1. The van der Waals surface area contributed by atoms with Crippen LogP contribution in [-0.2, 0) is 32.7 Å². The van der Waals surface area contributed by atoms with Crippen LogP contribution < -0.4 is 14.4 Å². The molecule has 1 fully saturated rings. The lowest BCUT2D eigenvalue weighted by Gasteiger charge is -2.26. The summed E-state index contributed by atoms with van der Waals surface area (Å²) in [7, 11) is -4.13. The van der Waals surface area contributed by atoms with E-state index in [4.69, 9.17) is 16.3 Å². The van der Waals surface area contributed by atoms with Crippen LogP contribution in [0.4, 0.5) is 5.69 Å². The van der Waals surface area contributed by atoms with Crippen LogP contribution in [0.1, 0.15) is 30.9 Å². The van der Waals surface area contributed by atoms with Gasteiger partial charge in [0.1, 0.15) is 12.3 Å². The number of anilines is 1. The fourth-order valence-electron chi connectivity index (χ4n) is 4.32. The molecular formula is C28H30ClN3O5S. The molecule has 3 aromatic rings. The van der Waals surface area contributed by atoms with E-state index in [1.165, 1.54) is 24.3 Å². The second-order valence-corrected chi connectivity index (χ2v) is 11.1. The smallest absolute Gasteiger partial charge is 0.264 e. The number of rotatable bonds is 11. The first-order valence-corrected chi connectivity index (χ1v) is 14.2. The summed E-state index contributed by atoms with van der Waals surface area (Å²) < 4.78 is 34.1. The lowest BCUT2D eigenvalue weighted by molar-refractivity contribution is -0.128. The van der Waals surface area contributed by atoms with Crippen molar-refractivity contribution in [3.63, 3.8) is 0 Å². The van der Waals surface area contributed by atoms with Gasteiger partial charge in [0.05, 0.1) is 17.2 Å². The molecule has 38 heavy (non-hydrogen) atoms. The van der Waals surface area contributed by atoms with Gasteiger partial charge < -0.3 is 15.0 Å². The number of para-hydroxylation sites is 2. The Balaban J connectivity index is 1.56. The number of likely N-dealkylation sites (tertiary alicyclic amines) is 1. The van der Waals surface area contributed by atoms with Crippen LogP contribution in [0.25, 0.3) is 0 Å². The number of amides is 2. The Morgan fingerprint density at radius 3 is 2.39 bits per heavy atom. The first kappa shape index (κ1) is 27.5. The van der Waals surface area contributed by atoms with Crippen molar-refractivity contribution in [1.82, 2.24) is 10.2 Å². The highest BCUT2D eigenvalue weighted by Gasteiger charge is 2.29. The van der Waals surface area contributed by atoms with Crippen LogP contribution in [0.3, 0.4) is 0 Å². The van der Waals surface area contributed by atoms with E-state index in [1.807, 2.05) is 29.2 Å². The maximum absolute atomic E-state index is 13.7. The molecule has 1 heterocycles. The Kier molecular flexibility index (Phi) is 8.91. The first-order chi connectivity index (χ1) is 18.3. The summed E-state index contributed by atoms with van der Waals surface area (Å²) >= 11 is 5.97. The number of nitrogens with one attached hydrogen (secondary N) is 1. The second-order valence-electron chi connectivity index (χ2n) is 8.83. The van der Waals surface area contributed by atoms with Gasteiger partial charge in [0.15, 0.2) is 0 Å². The van der Waals surface area contributed by atoms with Crippen LogP contribution in [0.15, 0.2) is 77.7 Å². The minimum absolute atomic E-state index is 0.00151. The number of hydrogen-bond acceptors (Lipinski definition) is 5. The first-order valence-electron chi connectivity index (χ1n) is 12.4. The topological polar surface area (TPSA) is 96.0 Å². The maximum Gasteiger partial charge on any atom is 0.264 e. The van der Waals surface area contributed by atoms with E-state index in [-0.39, 0.29) is 23.0 Å². The summed E-state index contributed by atoms with van der Waals surface area (Å²) in [5.74, 6) is -0.0123. The molecule has 1 N–H and O–H groups in total. The highest BCUT2D eigenvalue weighted by Crippen LogP contribution is 2.32. The van der Waals surface area contributed by atoms with Crippen molar-refractivity contribution in [1.29, 1.82) is 0 Å². The van der Waals surface area contributed by atoms with Crippen molar-refractivity contribution in [2.75, 3.05) is 24.0 Å². The van der Waals surface area contributed by atoms with Crippen LogP contribution >= 0.6 is 11.6 Å². The summed E-state index contributed by atoms with van der Waals surface area (Å²) in [5, 5.41) is 3.25. The highest BCUT2D eigenvalue weighted by atomic mass is 35.5. The van der Waals surface area contributed by atoms with Gasteiger partial charge >= 0.3 is 0 Å². The highest BCUT2D eigenvalue weighted by molar-refractivity contribution is 7.92. The predicted molar refractivity (Wildman–Crippen MR) is 147 cm³/mol. The minimum atomic E-state index is -4.13. The third-order valence-corrected chi connectivity index (χ3v) is 8.28. The van der Waals surface area contributed by atoms with Gasteiger partial charge in [-0.15, -0.1) is 0 Å². The zero-order valence-electron chi connectivity index (χ0n) is 21.1. The largest absolute Gasteiger partial charge is 0.492 e. The molecule has 0 saturated carbocycles. The van der Waals surface area contributed by atoms with E-state index in [0.717, 1.165) is 28.4 Å². The molecule has 0 atom stereocenters. The molecule has 1 saturated heterocycles. The fraction of sp³-hybridized carbons (Fsp3) is 0.286. The zero-order chi connectivity index (χ0) is 27.1. The van der Waals surface area contributed by atoms with Crippen LogP contribution in [0.2, 0.25) is 5.02 Å². The Labute approximate surface area is 228 Å².